The Morgan fingerprint density at radius 1 is 1.05 bits per heavy atom. The van der Waals surface area contributed by atoms with Gasteiger partial charge in [-0.15, -0.1) is 0 Å². The smallest absolute Gasteiger partial charge is 0.332 e. The summed E-state index contributed by atoms with van der Waals surface area (Å²) in [7, 11) is 2.82. The topological polar surface area (TPSA) is 141 Å². The van der Waals surface area contributed by atoms with Crippen molar-refractivity contribution < 1.29 is 19.7 Å². The molecule has 0 amide bonds. The number of hydrogen-bond donors (Lipinski definition) is 3. The summed E-state index contributed by atoms with van der Waals surface area (Å²) in [6.45, 7) is 1.74. The number of rotatable bonds is 10. The Hall–Kier alpha value is -4.38. The number of nitrogens with zero attached hydrogens (tertiary/aromatic N) is 4. The van der Waals surface area contributed by atoms with E-state index in [2.05, 4.69) is 10.3 Å². The Morgan fingerprint density at radius 2 is 1.73 bits per heavy atom. The SMILES string of the molecule is Cc1ccc(OCC(O)Cn2c(NC(Cc3ccccc3)C(=O)O)nc3c2c(=O)n(C)c(=O)n3C)cc1. The molecule has 194 valence electrons. The first-order chi connectivity index (χ1) is 17.7. The van der Waals surface area contributed by atoms with Gasteiger partial charge in [0, 0.05) is 20.5 Å². The van der Waals surface area contributed by atoms with Crippen LogP contribution in [0, 0.1) is 6.92 Å². The summed E-state index contributed by atoms with van der Waals surface area (Å²) in [6.07, 6.45) is -0.923. The van der Waals surface area contributed by atoms with Crippen LogP contribution < -0.4 is 21.3 Å². The Balaban J connectivity index is 1.69. The van der Waals surface area contributed by atoms with Crippen molar-refractivity contribution in [3.8, 4) is 5.75 Å². The van der Waals surface area contributed by atoms with Gasteiger partial charge in [-0.3, -0.25) is 13.9 Å². The number of anilines is 1. The fourth-order valence-corrected chi connectivity index (χ4v) is 4.03. The van der Waals surface area contributed by atoms with Crippen LogP contribution in [-0.2, 0) is 31.9 Å². The van der Waals surface area contributed by atoms with Crippen molar-refractivity contribution in [3.05, 3.63) is 86.6 Å². The molecule has 0 saturated heterocycles. The second kappa shape index (κ2) is 10.7. The van der Waals surface area contributed by atoms with E-state index in [0.717, 1.165) is 15.7 Å². The number of imidazole rings is 1. The van der Waals surface area contributed by atoms with E-state index in [1.165, 1.54) is 23.2 Å². The number of aromatic nitrogens is 4. The Morgan fingerprint density at radius 3 is 2.38 bits per heavy atom. The maximum Gasteiger partial charge on any atom is 0.332 e. The molecule has 2 heterocycles. The number of carboxylic acids is 1. The van der Waals surface area contributed by atoms with Crippen molar-refractivity contribution >= 4 is 23.1 Å². The third-order valence-electron chi connectivity index (χ3n) is 6.09. The number of aliphatic carboxylic acids is 1. The van der Waals surface area contributed by atoms with Crippen LogP contribution in [0.3, 0.4) is 0 Å². The van der Waals surface area contributed by atoms with Gasteiger partial charge in [-0.05, 0) is 24.6 Å². The summed E-state index contributed by atoms with van der Waals surface area (Å²) in [5, 5.41) is 23.6. The molecule has 0 aliphatic carbocycles. The molecule has 4 rings (SSSR count). The summed E-state index contributed by atoms with van der Waals surface area (Å²) < 4.78 is 9.24. The van der Waals surface area contributed by atoms with E-state index < -0.39 is 29.4 Å². The maximum atomic E-state index is 13.1. The molecule has 0 bridgehead atoms. The molecule has 4 aromatic rings. The average molecular weight is 508 g/mol. The van der Waals surface area contributed by atoms with Gasteiger partial charge in [-0.1, -0.05) is 48.0 Å². The summed E-state index contributed by atoms with van der Waals surface area (Å²) >= 11 is 0. The lowest BCUT2D eigenvalue weighted by Crippen LogP contribution is -2.38. The van der Waals surface area contributed by atoms with Gasteiger partial charge in [0.25, 0.3) is 5.56 Å². The molecule has 11 heteroatoms. The number of aliphatic hydroxyl groups excluding tert-OH is 1. The first-order valence-corrected chi connectivity index (χ1v) is 11.7. The minimum Gasteiger partial charge on any atom is -0.491 e. The van der Waals surface area contributed by atoms with Crippen LogP contribution in [0.4, 0.5) is 5.95 Å². The van der Waals surface area contributed by atoms with Gasteiger partial charge < -0.3 is 24.8 Å². The largest absolute Gasteiger partial charge is 0.491 e. The van der Waals surface area contributed by atoms with E-state index in [1.54, 1.807) is 12.1 Å². The predicted octanol–water partition coefficient (Wildman–Crippen LogP) is 1.29. The molecule has 0 fully saturated rings. The van der Waals surface area contributed by atoms with Gasteiger partial charge >= 0.3 is 11.7 Å². The van der Waals surface area contributed by atoms with Gasteiger partial charge in [-0.25, -0.2) is 9.59 Å². The zero-order valence-corrected chi connectivity index (χ0v) is 20.8. The second-order valence-electron chi connectivity index (χ2n) is 8.93. The van der Waals surface area contributed by atoms with Crippen LogP contribution in [-0.4, -0.2) is 53.6 Å². The number of carbonyl (C=O) groups is 1. The second-order valence-corrected chi connectivity index (χ2v) is 8.93. The number of benzene rings is 2. The van der Waals surface area contributed by atoms with E-state index in [-0.39, 0.29) is 36.7 Å². The number of hydrogen-bond acceptors (Lipinski definition) is 7. The van der Waals surface area contributed by atoms with Gasteiger partial charge in [0.15, 0.2) is 11.2 Å². The standard InChI is InChI=1S/C26H29N5O6/c1-16-9-11-19(12-10-16)37-15-18(32)14-31-21-22(29(2)26(36)30(3)23(21)33)28-25(31)27-20(24(34)35)13-17-7-5-4-6-8-17/h4-12,18,20,32H,13-15H2,1-3H3,(H,27,28)(H,34,35). The number of aliphatic hydroxyl groups is 1. The molecule has 0 aliphatic rings. The highest BCUT2D eigenvalue weighted by Gasteiger charge is 2.25. The fourth-order valence-electron chi connectivity index (χ4n) is 4.03. The number of carboxylic acid groups (broad SMARTS) is 1. The molecule has 0 spiro atoms. The lowest BCUT2D eigenvalue weighted by molar-refractivity contribution is -0.137. The molecule has 2 atom stereocenters. The van der Waals surface area contributed by atoms with E-state index in [4.69, 9.17) is 4.74 Å². The van der Waals surface area contributed by atoms with Crippen molar-refractivity contribution in [1.29, 1.82) is 0 Å². The average Bonchev–Trinajstić information content (AvgIpc) is 3.23. The van der Waals surface area contributed by atoms with Crippen molar-refractivity contribution in [1.82, 2.24) is 18.7 Å². The molecule has 0 aliphatic heterocycles. The Kier molecular flexibility index (Phi) is 7.44. The molecule has 3 N–H and O–H groups in total. The van der Waals surface area contributed by atoms with Gasteiger partial charge in [0.05, 0.1) is 6.54 Å². The van der Waals surface area contributed by atoms with E-state index >= 15 is 0 Å². The van der Waals surface area contributed by atoms with Crippen LogP contribution in [0.5, 0.6) is 5.75 Å². The molecule has 0 radical (unpaired) electrons. The lowest BCUT2D eigenvalue weighted by Gasteiger charge is -2.19. The van der Waals surface area contributed by atoms with Crippen molar-refractivity contribution in [2.45, 2.75) is 32.0 Å². The summed E-state index contributed by atoms with van der Waals surface area (Å²) in [5.41, 5.74) is 0.811. The highest BCUT2D eigenvalue weighted by atomic mass is 16.5. The molecule has 2 unspecified atom stereocenters. The highest BCUT2D eigenvalue weighted by Crippen LogP contribution is 2.19. The fraction of sp³-hybridized carbons (Fsp3) is 0.308. The minimum atomic E-state index is -1.12. The van der Waals surface area contributed by atoms with Crippen LogP contribution in [0.2, 0.25) is 0 Å². The third-order valence-corrected chi connectivity index (χ3v) is 6.09. The Bertz CT molecular complexity index is 1520. The van der Waals surface area contributed by atoms with Crippen molar-refractivity contribution in [2.75, 3.05) is 11.9 Å². The molecular formula is C26H29N5O6. The molecular weight excluding hydrogens is 478 g/mol. The first kappa shape index (κ1) is 25.7. The molecule has 37 heavy (non-hydrogen) atoms. The molecule has 0 saturated carbocycles. The summed E-state index contributed by atoms with van der Waals surface area (Å²) in [4.78, 5) is 42.1. The van der Waals surface area contributed by atoms with E-state index in [1.807, 2.05) is 49.4 Å². The van der Waals surface area contributed by atoms with Crippen molar-refractivity contribution in [3.63, 3.8) is 0 Å². The maximum absolute atomic E-state index is 13.1. The first-order valence-electron chi connectivity index (χ1n) is 11.7. The Labute approximate surface area is 212 Å². The van der Waals surface area contributed by atoms with E-state index in [0.29, 0.717) is 5.75 Å². The van der Waals surface area contributed by atoms with Crippen molar-refractivity contribution in [2.24, 2.45) is 14.1 Å². The molecule has 2 aromatic carbocycles. The van der Waals surface area contributed by atoms with E-state index in [9.17, 15) is 24.6 Å². The monoisotopic (exact) mass is 507 g/mol. The number of ether oxygens (including phenoxy) is 1. The zero-order valence-electron chi connectivity index (χ0n) is 20.8. The summed E-state index contributed by atoms with van der Waals surface area (Å²) in [5.74, 6) is -0.496. The summed E-state index contributed by atoms with van der Waals surface area (Å²) in [6, 6.07) is 15.3. The number of nitrogens with one attached hydrogen (secondary N) is 1. The molecule has 11 nitrogen and oxygen atoms in total. The predicted molar refractivity (Wildman–Crippen MR) is 138 cm³/mol. The van der Waals surface area contributed by atoms with Crippen LogP contribution in [0.1, 0.15) is 11.1 Å². The number of aryl methyl sites for hydroxylation is 2. The number of fused-ring (bicyclic) bond motifs is 1. The van der Waals surface area contributed by atoms with Gasteiger partial charge in [-0.2, -0.15) is 4.98 Å². The normalized spacial score (nSPS) is 12.9. The lowest BCUT2D eigenvalue weighted by atomic mass is 10.1. The van der Waals surface area contributed by atoms with Crippen LogP contribution >= 0.6 is 0 Å². The van der Waals surface area contributed by atoms with Gasteiger partial charge in [0.2, 0.25) is 5.95 Å². The van der Waals surface area contributed by atoms with Crippen LogP contribution in [0.15, 0.2) is 64.2 Å². The minimum absolute atomic E-state index is 0.0472. The highest BCUT2D eigenvalue weighted by molar-refractivity contribution is 5.79. The third kappa shape index (κ3) is 5.56. The molecule has 2 aromatic heterocycles. The quantitative estimate of drug-likeness (QED) is 0.292. The van der Waals surface area contributed by atoms with Gasteiger partial charge in [0.1, 0.15) is 24.5 Å². The zero-order chi connectivity index (χ0) is 26.7. The van der Waals surface area contributed by atoms with Crippen LogP contribution in [0.25, 0.3) is 11.2 Å².